The highest BCUT2D eigenvalue weighted by atomic mass is 79.9. The summed E-state index contributed by atoms with van der Waals surface area (Å²) in [6.07, 6.45) is 3.90. The zero-order valence-corrected chi connectivity index (χ0v) is 12.9. The van der Waals surface area contributed by atoms with Gasteiger partial charge in [0.1, 0.15) is 17.2 Å². The van der Waals surface area contributed by atoms with Gasteiger partial charge in [0.25, 0.3) is 5.91 Å². The van der Waals surface area contributed by atoms with Crippen LogP contribution in [0.5, 0.6) is 0 Å². The third kappa shape index (κ3) is 3.85. The molecule has 0 fully saturated rings. The van der Waals surface area contributed by atoms with Crippen LogP contribution in [-0.4, -0.2) is 29.4 Å². The number of halogens is 3. The zero-order valence-electron chi connectivity index (χ0n) is 11.3. The van der Waals surface area contributed by atoms with Crippen molar-refractivity contribution in [3.8, 4) is 0 Å². The Kier molecular flexibility index (Phi) is 5.01. The summed E-state index contributed by atoms with van der Waals surface area (Å²) in [6.45, 7) is 0.359. The monoisotopic (exact) mass is 354 g/mol. The number of nitrogens with zero attached hydrogens (tertiary/aromatic N) is 2. The number of pyridine rings is 1. The standard InChI is InChI=1S/C15H13BrF2N2O/c1-20(7-4-10-2-5-19-6-3-10)15(21)14-12(17)8-11(16)9-13(14)18/h2-3,5-6,8-9H,4,7H2,1H3. The largest absolute Gasteiger partial charge is 0.341 e. The van der Waals surface area contributed by atoms with Crippen molar-refractivity contribution in [2.24, 2.45) is 0 Å². The Morgan fingerprint density at radius 1 is 1.24 bits per heavy atom. The summed E-state index contributed by atoms with van der Waals surface area (Å²) in [5.41, 5.74) is 0.469. The molecule has 0 bridgehead atoms. The summed E-state index contributed by atoms with van der Waals surface area (Å²) in [6, 6.07) is 5.82. The molecule has 1 aromatic heterocycles. The average Bonchev–Trinajstić information content (AvgIpc) is 2.44. The molecule has 1 amide bonds. The lowest BCUT2D eigenvalue weighted by Crippen LogP contribution is -2.30. The van der Waals surface area contributed by atoms with Crippen LogP contribution in [0.15, 0.2) is 41.1 Å². The predicted molar refractivity (Wildman–Crippen MR) is 79.0 cm³/mol. The Morgan fingerprint density at radius 2 is 1.81 bits per heavy atom. The van der Waals surface area contributed by atoms with Gasteiger partial charge in [0.05, 0.1) is 0 Å². The highest BCUT2D eigenvalue weighted by Gasteiger charge is 2.21. The summed E-state index contributed by atoms with van der Waals surface area (Å²) in [5.74, 6) is -2.42. The average molecular weight is 355 g/mol. The molecular weight excluding hydrogens is 342 g/mol. The van der Waals surface area contributed by atoms with Gasteiger partial charge in [-0.15, -0.1) is 0 Å². The lowest BCUT2D eigenvalue weighted by molar-refractivity contribution is 0.0787. The second-order valence-corrected chi connectivity index (χ2v) is 5.49. The van der Waals surface area contributed by atoms with Crippen LogP contribution < -0.4 is 0 Å². The molecule has 0 radical (unpaired) electrons. The summed E-state index contributed by atoms with van der Waals surface area (Å²) in [4.78, 5) is 17.3. The minimum absolute atomic E-state index is 0.258. The molecule has 110 valence electrons. The summed E-state index contributed by atoms with van der Waals surface area (Å²) in [5, 5.41) is 0. The van der Waals surface area contributed by atoms with Crippen LogP contribution in [0.4, 0.5) is 8.78 Å². The minimum atomic E-state index is -0.873. The number of benzene rings is 1. The highest BCUT2D eigenvalue weighted by Crippen LogP contribution is 2.20. The smallest absolute Gasteiger partial charge is 0.259 e. The molecular formula is C15H13BrF2N2O. The van der Waals surface area contributed by atoms with Gasteiger partial charge in [-0.2, -0.15) is 0 Å². The van der Waals surface area contributed by atoms with Crippen molar-refractivity contribution in [1.29, 1.82) is 0 Å². The van der Waals surface area contributed by atoms with Gasteiger partial charge in [-0.1, -0.05) is 15.9 Å². The van der Waals surface area contributed by atoms with E-state index in [4.69, 9.17) is 0 Å². The van der Waals surface area contributed by atoms with Gasteiger partial charge in [0.2, 0.25) is 0 Å². The number of carbonyl (C=O) groups is 1. The zero-order chi connectivity index (χ0) is 15.4. The van der Waals surface area contributed by atoms with E-state index in [1.807, 2.05) is 12.1 Å². The van der Waals surface area contributed by atoms with E-state index in [0.717, 1.165) is 17.7 Å². The second kappa shape index (κ2) is 6.76. The van der Waals surface area contributed by atoms with E-state index >= 15 is 0 Å². The van der Waals surface area contributed by atoms with Crippen LogP contribution in [0.3, 0.4) is 0 Å². The molecule has 0 aliphatic heterocycles. The van der Waals surface area contributed by atoms with Crippen LogP contribution in [0.25, 0.3) is 0 Å². The molecule has 0 aliphatic carbocycles. The van der Waals surface area contributed by atoms with Crippen molar-refractivity contribution in [3.63, 3.8) is 0 Å². The molecule has 2 aromatic rings. The van der Waals surface area contributed by atoms with E-state index in [-0.39, 0.29) is 4.47 Å². The Hall–Kier alpha value is -1.82. The summed E-state index contributed by atoms with van der Waals surface area (Å²) < 4.78 is 27.8. The lowest BCUT2D eigenvalue weighted by atomic mass is 10.1. The molecule has 0 aliphatic rings. The van der Waals surface area contributed by atoms with Gasteiger partial charge >= 0.3 is 0 Å². The van der Waals surface area contributed by atoms with Crippen LogP contribution in [0.2, 0.25) is 0 Å². The maximum atomic E-state index is 13.8. The van der Waals surface area contributed by atoms with Gasteiger partial charge in [-0.05, 0) is 36.2 Å². The molecule has 3 nitrogen and oxygen atoms in total. The molecule has 1 aromatic carbocycles. The van der Waals surface area contributed by atoms with Crippen molar-refractivity contribution >= 4 is 21.8 Å². The van der Waals surface area contributed by atoms with E-state index in [0.29, 0.717) is 13.0 Å². The van der Waals surface area contributed by atoms with E-state index in [2.05, 4.69) is 20.9 Å². The molecule has 1 heterocycles. The molecule has 2 rings (SSSR count). The molecule has 6 heteroatoms. The van der Waals surface area contributed by atoms with E-state index in [1.54, 1.807) is 12.4 Å². The van der Waals surface area contributed by atoms with E-state index < -0.39 is 23.1 Å². The van der Waals surface area contributed by atoms with Gasteiger partial charge in [-0.3, -0.25) is 9.78 Å². The van der Waals surface area contributed by atoms with Gasteiger partial charge < -0.3 is 4.90 Å². The molecule has 21 heavy (non-hydrogen) atoms. The minimum Gasteiger partial charge on any atom is -0.341 e. The van der Waals surface area contributed by atoms with Crippen molar-refractivity contribution in [2.45, 2.75) is 6.42 Å². The van der Waals surface area contributed by atoms with Crippen molar-refractivity contribution < 1.29 is 13.6 Å². The van der Waals surface area contributed by atoms with E-state index in [9.17, 15) is 13.6 Å². The first kappa shape index (κ1) is 15.6. The van der Waals surface area contributed by atoms with Crippen LogP contribution in [0.1, 0.15) is 15.9 Å². The van der Waals surface area contributed by atoms with Crippen molar-refractivity contribution in [3.05, 3.63) is 63.9 Å². The second-order valence-electron chi connectivity index (χ2n) is 4.58. The first-order chi connectivity index (χ1) is 9.99. The molecule has 0 spiro atoms. The van der Waals surface area contributed by atoms with Gasteiger partial charge in [-0.25, -0.2) is 8.78 Å². The molecule has 0 saturated carbocycles. The fourth-order valence-corrected chi connectivity index (χ4v) is 2.29. The number of hydrogen-bond acceptors (Lipinski definition) is 2. The third-order valence-corrected chi connectivity index (χ3v) is 3.51. The van der Waals surface area contributed by atoms with Crippen LogP contribution >= 0.6 is 15.9 Å². The predicted octanol–water partition coefficient (Wildman–Crippen LogP) is 3.44. The number of amides is 1. The third-order valence-electron chi connectivity index (χ3n) is 3.05. The Labute approximate surface area is 129 Å². The molecule has 0 N–H and O–H groups in total. The highest BCUT2D eigenvalue weighted by molar-refractivity contribution is 9.10. The first-order valence-corrected chi connectivity index (χ1v) is 7.07. The molecule has 0 atom stereocenters. The number of rotatable bonds is 4. The summed E-state index contributed by atoms with van der Waals surface area (Å²) in [7, 11) is 1.52. The molecule has 0 saturated heterocycles. The fraction of sp³-hybridized carbons (Fsp3) is 0.200. The maximum absolute atomic E-state index is 13.8. The SMILES string of the molecule is CN(CCc1ccncc1)C(=O)c1c(F)cc(Br)cc1F. The van der Waals surface area contributed by atoms with Crippen molar-refractivity contribution in [1.82, 2.24) is 9.88 Å². The maximum Gasteiger partial charge on any atom is 0.259 e. The Balaban J connectivity index is 2.09. The number of hydrogen-bond donors (Lipinski definition) is 0. The Morgan fingerprint density at radius 3 is 2.38 bits per heavy atom. The van der Waals surface area contributed by atoms with Crippen LogP contribution in [0, 0.1) is 11.6 Å². The normalized spacial score (nSPS) is 10.5. The number of aromatic nitrogens is 1. The Bertz CT molecular complexity index is 626. The lowest BCUT2D eigenvalue weighted by Gasteiger charge is -2.18. The van der Waals surface area contributed by atoms with Gasteiger partial charge in [0.15, 0.2) is 0 Å². The van der Waals surface area contributed by atoms with Crippen LogP contribution in [-0.2, 0) is 6.42 Å². The molecule has 0 unspecified atom stereocenters. The van der Waals surface area contributed by atoms with E-state index in [1.165, 1.54) is 11.9 Å². The fourth-order valence-electron chi connectivity index (χ4n) is 1.89. The quantitative estimate of drug-likeness (QED) is 0.842. The van der Waals surface area contributed by atoms with Crippen molar-refractivity contribution in [2.75, 3.05) is 13.6 Å². The number of likely N-dealkylation sites (N-methyl/N-ethyl adjacent to an activating group) is 1. The summed E-state index contributed by atoms with van der Waals surface area (Å²) >= 11 is 2.98. The number of carbonyl (C=O) groups excluding carboxylic acids is 1. The topological polar surface area (TPSA) is 33.2 Å². The van der Waals surface area contributed by atoms with Gasteiger partial charge in [0, 0.05) is 30.5 Å². The first-order valence-electron chi connectivity index (χ1n) is 6.28.